The molecule has 0 unspecified atom stereocenters. The predicted octanol–water partition coefficient (Wildman–Crippen LogP) is -19.4. The maximum Gasteiger partial charge on any atom is 1.00 e. The van der Waals surface area contributed by atoms with Gasteiger partial charge in [-0.2, -0.15) is 0 Å². The maximum atomic E-state index is 9.74. The molecule has 0 saturated heterocycles. The Labute approximate surface area is 327 Å². The first kappa shape index (κ1) is 52.4. The van der Waals surface area contributed by atoms with Crippen LogP contribution in [0.5, 0.6) is 0 Å². The molecule has 0 saturated carbocycles. The van der Waals surface area contributed by atoms with Crippen molar-refractivity contribution in [1.29, 1.82) is 0 Å². The molecule has 18 nitrogen and oxygen atoms in total. The van der Waals surface area contributed by atoms with Crippen molar-refractivity contribution in [3.05, 3.63) is 0 Å². The molecule has 0 spiro atoms. The summed E-state index contributed by atoms with van der Waals surface area (Å²) in [5, 5.41) is 102. The molecule has 182 valence electrons. The van der Waals surface area contributed by atoms with Crippen LogP contribution in [0.1, 0.15) is 0 Å². The standard InChI is InChI=1S/3C4H6O6.Fe.3K/c3*5-1(3(7)8)2(6)4(9)10;;;;/h3*1-2,5-6H,(H,7,8)(H,9,10);;;;/q;;;;3*+1/p-3/t3*1-,2-;;;;/m110..../s1. The molecule has 9 N–H and O–H groups in total. The summed E-state index contributed by atoms with van der Waals surface area (Å²) in [4.78, 5) is 58.2. The van der Waals surface area contributed by atoms with Crippen molar-refractivity contribution in [2.45, 2.75) is 36.6 Å². The van der Waals surface area contributed by atoms with Gasteiger partial charge in [0, 0.05) is 17.1 Å². The van der Waals surface area contributed by atoms with Crippen LogP contribution < -0.4 is 169 Å². The molecule has 0 radical (unpaired) electrons. The first-order chi connectivity index (χ1) is 13.4. The summed E-state index contributed by atoms with van der Waals surface area (Å²) >= 11 is 0. The molecule has 34 heavy (non-hydrogen) atoms. The molecule has 6 atom stereocenters. The fourth-order valence-corrected chi connectivity index (χ4v) is 0.792. The van der Waals surface area contributed by atoms with E-state index in [1.54, 1.807) is 0 Å². The van der Waals surface area contributed by atoms with E-state index in [1.807, 2.05) is 0 Å². The second-order valence-corrected chi connectivity index (χ2v) is 4.64. The molecule has 0 aromatic heterocycles. The topological polar surface area (TPSA) is 354 Å². The van der Waals surface area contributed by atoms with Crippen molar-refractivity contribution in [3.63, 3.8) is 0 Å². The van der Waals surface area contributed by atoms with E-state index in [0.29, 0.717) is 0 Å². The van der Waals surface area contributed by atoms with E-state index in [2.05, 4.69) is 0 Å². The molecule has 0 aliphatic carbocycles. The van der Waals surface area contributed by atoms with Crippen molar-refractivity contribution in [2.24, 2.45) is 0 Å². The molecule has 0 aromatic carbocycles. The van der Waals surface area contributed by atoms with Crippen LogP contribution in [0, 0.1) is 0 Å². The Morgan fingerprint density at radius 3 is 0.559 bits per heavy atom. The molecule has 0 bridgehead atoms. The third-order valence-electron chi connectivity index (χ3n) is 2.38. The largest absolute Gasteiger partial charge is 1.00 e. The Hall–Kier alpha value is 2.01. The van der Waals surface area contributed by atoms with Gasteiger partial charge in [0.05, 0.1) is 17.9 Å². The number of hydrogen-bond acceptors (Lipinski definition) is 15. The normalized spacial score (nSPS) is 13.9. The zero-order chi connectivity index (χ0) is 24.9. The zero-order valence-corrected chi connectivity index (χ0v) is 28.0. The van der Waals surface area contributed by atoms with Crippen LogP contribution in [0.3, 0.4) is 0 Å². The number of rotatable bonds is 9. The van der Waals surface area contributed by atoms with Gasteiger partial charge < -0.3 is 75.7 Å². The molecule has 0 amide bonds. The molecule has 0 aromatic rings. The van der Waals surface area contributed by atoms with E-state index in [0.717, 1.165) is 0 Å². The second-order valence-electron chi connectivity index (χ2n) is 4.64. The van der Waals surface area contributed by atoms with Crippen LogP contribution in [-0.4, -0.2) is 118 Å². The fourth-order valence-electron chi connectivity index (χ4n) is 0.792. The van der Waals surface area contributed by atoms with Gasteiger partial charge in [0.2, 0.25) is 0 Å². The van der Waals surface area contributed by atoms with E-state index in [1.165, 1.54) is 0 Å². The predicted molar refractivity (Wildman–Crippen MR) is 74.0 cm³/mol. The van der Waals surface area contributed by atoms with Gasteiger partial charge in [0.15, 0.2) is 18.3 Å². The van der Waals surface area contributed by atoms with Gasteiger partial charge in [-0.3, -0.25) is 0 Å². The molecule has 0 fully saturated rings. The first-order valence-corrected chi connectivity index (χ1v) is 6.79. The number of carbonyl (C=O) groups excluding carboxylic acids is 3. The van der Waals surface area contributed by atoms with Crippen molar-refractivity contribution >= 4 is 35.8 Å². The van der Waals surface area contributed by atoms with Crippen molar-refractivity contribution in [2.75, 3.05) is 0 Å². The van der Waals surface area contributed by atoms with Gasteiger partial charge >= 0.3 is 172 Å². The third kappa shape index (κ3) is 25.6. The summed E-state index contributed by atoms with van der Waals surface area (Å²) in [6, 6.07) is 0. The molecule has 0 aliphatic rings. The van der Waals surface area contributed by atoms with E-state index < -0.39 is 72.4 Å². The van der Waals surface area contributed by atoms with Crippen molar-refractivity contribution in [3.8, 4) is 0 Å². The molecule has 22 heteroatoms. The second kappa shape index (κ2) is 28.0. The number of aliphatic hydroxyl groups is 6. The summed E-state index contributed by atoms with van der Waals surface area (Å²) in [6.45, 7) is 0. The number of aliphatic hydroxyl groups excluding tert-OH is 6. The number of hydrogen-bond donors (Lipinski definition) is 9. The summed E-state index contributed by atoms with van der Waals surface area (Å²) in [5.74, 6) is -11.5. The third-order valence-corrected chi connectivity index (χ3v) is 2.38. The van der Waals surface area contributed by atoms with Gasteiger partial charge in [-0.15, -0.1) is 0 Å². The fraction of sp³-hybridized carbons (Fsp3) is 0.500. The minimum Gasteiger partial charge on any atom is -0.547 e. The minimum absolute atomic E-state index is 0. The molecule has 0 aliphatic heterocycles. The minimum atomic E-state index is -2.38. The summed E-state index contributed by atoms with van der Waals surface area (Å²) in [6.07, 6.45) is -14.1. The van der Waals surface area contributed by atoms with Crippen LogP contribution in [-0.2, 0) is 45.8 Å². The number of carboxylic acids is 6. The van der Waals surface area contributed by atoms with Gasteiger partial charge in [-0.25, -0.2) is 14.4 Å². The van der Waals surface area contributed by atoms with E-state index in [4.69, 9.17) is 46.0 Å². The molecular weight excluding hydrogens is 605 g/mol. The average Bonchev–Trinajstić information content (AvgIpc) is 2.64. The average molecular weight is 620 g/mol. The van der Waals surface area contributed by atoms with Crippen LogP contribution in [0.25, 0.3) is 0 Å². The molecular formula is C12H15FeK3O18. The van der Waals surface area contributed by atoms with E-state index in [-0.39, 0.29) is 171 Å². The Morgan fingerprint density at radius 1 is 0.412 bits per heavy atom. The number of aliphatic carboxylic acids is 6. The number of carbonyl (C=O) groups is 6. The zero-order valence-electron chi connectivity index (χ0n) is 17.5. The quantitative estimate of drug-likeness (QED) is 0.108. The van der Waals surface area contributed by atoms with Crippen LogP contribution in [0.4, 0.5) is 0 Å². The van der Waals surface area contributed by atoms with Gasteiger partial charge in [0.1, 0.15) is 18.3 Å². The van der Waals surface area contributed by atoms with Gasteiger partial charge in [-0.05, 0) is 0 Å². The molecule has 0 rings (SSSR count). The van der Waals surface area contributed by atoms with E-state index >= 15 is 0 Å². The smallest absolute Gasteiger partial charge is 0.547 e. The maximum absolute atomic E-state index is 9.74. The van der Waals surface area contributed by atoms with Gasteiger partial charge in [-0.1, -0.05) is 0 Å². The van der Waals surface area contributed by atoms with Crippen LogP contribution in [0.15, 0.2) is 0 Å². The summed E-state index contributed by atoms with van der Waals surface area (Å²) in [5.41, 5.74) is 0. The van der Waals surface area contributed by atoms with E-state index in [9.17, 15) is 44.1 Å². The summed E-state index contributed by atoms with van der Waals surface area (Å²) < 4.78 is 0. The van der Waals surface area contributed by atoms with Gasteiger partial charge in [0.25, 0.3) is 0 Å². The number of carboxylic acid groups (broad SMARTS) is 6. The first-order valence-electron chi connectivity index (χ1n) is 6.79. The Kier molecular flexibility index (Phi) is 43.2. The van der Waals surface area contributed by atoms with Crippen LogP contribution >= 0.6 is 0 Å². The Bertz CT molecular complexity index is 508. The van der Waals surface area contributed by atoms with Crippen molar-refractivity contribution < 1.29 is 261 Å². The monoisotopic (exact) mass is 620 g/mol. The summed E-state index contributed by atoms with van der Waals surface area (Å²) in [7, 11) is 0. The molecule has 0 heterocycles. The van der Waals surface area contributed by atoms with Crippen LogP contribution in [0.2, 0.25) is 0 Å². The Balaban J connectivity index is -0.0000000607. The Morgan fingerprint density at radius 2 is 0.529 bits per heavy atom. The van der Waals surface area contributed by atoms with Crippen molar-refractivity contribution in [1.82, 2.24) is 0 Å². The SMILES string of the molecule is O=C([O-])[C@@H](O)[C@H](O)C(=O)O.O=C([O-])[C@H](O)[C@@H](O)C(=O)O.O=C([O-])[C@H](O)[C@@H](O)C(=O)O.[Fe].[K+].[K+].[K+].